The van der Waals surface area contributed by atoms with Crippen LogP contribution in [0.15, 0.2) is 51.9 Å². The molecule has 3 aromatic rings. The van der Waals surface area contributed by atoms with Crippen LogP contribution in [0.25, 0.3) is 10.9 Å². The number of benzene rings is 1. The zero-order chi connectivity index (χ0) is 13.2. The van der Waals surface area contributed by atoms with E-state index in [1.54, 1.807) is 36.4 Å². The maximum Gasteiger partial charge on any atom is 0.262 e. The summed E-state index contributed by atoms with van der Waals surface area (Å²) < 4.78 is 6.53. The van der Waals surface area contributed by atoms with Gasteiger partial charge in [0.25, 0.3) is 5.56 Å². The lowest BCUT2D eigenvalue weighted by molar-refractivity contribution is 0.487. The first-order valence-corrected chi connectivity index (χ1v) is 5.71. The highest BCUT2D eigenvalue weighted by atomic mass is 16.3. The average Bonchev–Trinajstić information content (AvgIpc) is 2.95. The second-order valence-electron chi connectivity index (χ2n) is 4.04. The van der Waals surface area contributed by atoms with Crippen molar-refractivity contribution in [2.75, 3.05) is 0 Å². The first-order valence-electron chi connectivity index (χ1n) is 5.71. The molecule has 5 heteroatoms. The summed E-state index contributed by atoms with van der Waals surface area (Å²) in [7, 11) is 0. The Hall–Kier alpha value is -2.87. The average molecular weight is 251 g/mol. The molecule has 0 amide bonds. The van der Waals surface area contributed by atoms with Gasteiger partial charge in [-0.1, -0.05) is 12.1 Å². The number of nitriles is 1. The predicted octanol–water partition coefficient (Wildman–Crippen LogP) is 1.91. The number of furan rings is 1. The molecule has 1 aromatic carbocycles. The maximum atomic E-state index is 12.4. The molecule has 3 rings (SSSR count). The van der Waals surface area contributed by atoms with E-state index < -0.39 is 0 Å². The summed E-state index contributed by atoms with van der Waals surface area (Å²) in [4.78, 5) is 16.6. The smallest absolute Gasteiger partial charge is 0.262 e. The van der Waals surface area contributed by atoms with Crippen LogP contribution in [0.1, 0.15) is 11.6 Å². The van der Waals surface area contributed by atoms with E-state index in [0.29, 0.717) is 16.7 Å². The van der Waals surface area contributed by atoms with Crippen molar-refractivity contribution in [2.24, 2.45) is 0 Å². The first kappa shape index (κ1) is 11.2. The van der Waals surface area contributed by atoms with Crippen LogP contribution >= 0.6 is 0 Å². The minimum Gasteiger partial charge on any atom is -0.467 e. The maximum absolute atomic E-state index is 12.4. The number of aromatic nitrogens is 2. The molecule has 0 bridgehead atoms. The van der Waals surface area contributed by atoms with Crippen molar-refractivity contribution in [3.63, 3.8) is 0 Å². The molecule has 0 aliphatic carbocycles. The molecule has 5 nitrogen and oxygen atoms in total. The van der Waals surface area contributed by atoms with Crippen LogP contribution in [0.2, 0.25) is 0 Å². The highest BCUT2D eigenvalue weighted by Crippen LogP contribution is 2.09. The Bertz CT molecular complexity index is 826. The van der Waals surface area contributed by atoms with E-state index in [4.69, 9.17) is 9.68 Å². The molecule has 0 spiro atoms. The molecule has 0 N–H and O–H groups in total. The quantitative estimate of drug-likeness (QED) is 0.697. The zero-order valence-corrected chi connectivity index (χ0v) is 9.91. The SMILES string of the molecule is N#Cc1nc2ccccc2c(=O)n1Cc1ccco1. The molecular weight excluding hydrogens is 242 g/mol. The predicted molar refractivity (Wildman–Crippen MR) is 68.5 cm³/mol. The number of hydrogen-bond donors (Lipinski definition) is 0. The fraction of sp³-hybridized carbons (Fsp3) is 0.0714. The van der Waals surface area contributed by atoms with E-state index in [2.05, 4.69) is 4.98 Å². The van der Waals surface area contributed by atoms with Crippen molar-refractivity contribution in [3.8, 4) is 6.07 Å². The lowest BCUT2D eigenvalue weighted by atomic mass is 10.2. The van der Waals surface area contributed by atoms with Gasteiger partial charge in [-0.05, 0) is 24.3 Å². The Balaban J connectivity index is 2.25. The van der Waals surface area contributed by atoms with Crippen molar-refractivity contribution in [2.45, 2.75) is 6.54 Å². The van der Waals surface area contributed by atoms with Crippen LogP contribution in [-0.4, -0.2) is 9.55 Å². The van der Waals surface area contributed by atoms with Gasteiger partial charge in [-0.25, -0.2) is 4.98 Å². The van der Waals surface area contributed by atoms with E-state index in [1.165, 1.54) is 10.8 Å². The van der Waals surface area contributed by atoms with Gasteiger partial charge in [-0.15, -0.1) is 0 Å². The van der Waals surface area contributed by atoms with Gasteiger partial charge in [-0.2, -0.15) is 5.26 Å². The Morgan fingerprint density at radius 1 is 1.26 bits per heavy atom. The molecular formula is C14H9N3O2. The molecule has 0 saturated heterocycles. The van der Waals surface area contributed by atoms with Crippen molar-refractivity contribution < 1.29 is 4.42 Å². The molecule has 0 atom stereocenters. The first-order chi connectivity index (χ1) is 9.29. The summed E-state index contributed by atoms with van der Waals surface area (Å²) in [5.74, 6) is 0.691. The topological polar surface area (TPSA) is 71.8 Å². The fourth-order valence-corrected chi connectivity index (χ4v) is 1.96. The molecule has 2 heterocycles. The lowest BCUT2D eigenvalue weighted by Gasteiger charge is -2.07. The normalized spacial score (nSPS) is 10.5. The molecule has 19 heavy (non-hydrogen) atoms. The Morgan fingerprint density at radius 3 is 2.84 bits per heavy atom. The summed E-state index contributed by atoms with van der Waals surface area (Å²) in [5, 5.41) is 9.62. The lowest BCUT2D eigenvalue weighted by Crippen LogP contribution is -2.24. The zero-order valence-electron chi connectivity index (χ0n) is 9.91. The van der Waals surface area contributed by atoms with E-state index in [9.17, 15) is 4.79 Å². The molecule has 2 aromatic heterocycles. The van der Waals surface area contributed by atoms with Crippen LogP contribution in [0, 0.1) is 11.3 Å². The van der Waals surface area contributed by atoms with Crippen molar-refractivity contribution in [1.82, 2.24) is 9.55 Å². The van der Waals surface area contributed by atoms with Gasteiger partial charge < -0.3 is 4.42 Å². The van der Waals surface area contributed by atoms with Crippen LogP contribution in [0.3, 0.4) is 0 Å². The van der Waals surface area contributed by atoms with Gasteiger partial charge in [0, 0.05) is 0 Å². The van der Waals surface area contributed by atoms with E-state index in [0.717, 1.165) is 0 Å². The van der Waals surface area contributed by atoms with Crippen molar-refractivity contribution in [1.29, 1.82) is 5.26 Å². The Morgan fingerprint density at radius 2 is 2.11 bits per heavy atom. The summed E-state index contributed by atoms with van der Waals surface area (Å²) in [6, 6.07) is 12.4. The van der Waals surface area contributed by atoms with Crippen LogP contribution in [-0.2, 0) is 6.54 Å². The molecule has 0 aliphatic heterocycles. The third-order valence-electron chi connectivity index (χ3n) is 2.86. The minimum absolute atomic E-state index is 0.0834. The summed E-state index contributed by atoms with van der Waals surface area (Å²) in [6.45, 7) is 0.201. The highest BCUT2D eigenvalue weighted by molar-refractivity contribution is 5.77. The van der Waals surface area contributed by atoms with Gasteiger partial charge in [-0.3, -0.25) is 9.36 Å². The van der Waals surface area contributed by atoms with E-state index >= 15 is 0 Å². The number of para-hydroxylation sites is 1. The molecule has 0 unspecified atom stereocenters. The molecule has 0 radical (unpaired) electrons. The summed E-state index contributed by atoms with van der Waals surface area (Å²) in [6.07, 6.45) is 1.53. The molecule has 0 saturated carbocycles. The van der Waals surface area contributed by atoms with Gasteiger partial charge in [0.15, 0.2) is 0 Å². The van der Waals surface area contributed by atoms with Gasteiger partial charge in [0.1, 0.15) is 11.8 Å². The summed E-state index contributed by atoms with van der Waals surface area (Å²) in [5.41, 5.74) is 0.290. The Labute approximate surface area is 108 Å². The number of nitrogens with zero attached hydrogens (tertiary/aromatic N) is 3. The van der Waals surface area contributed by atoms with Crippen molar-refractivity contribution in [3.05, 3.63) is 64.6 Å². The van der Waals surface area contributed by atoms with Crippen LogP contribution in [0.4, 0.5) is 0 Å². The molecule has 92 valence electrons. The number of fused-ring (bicyclic) bond motifs is 1. The number of hydrogen-bond acceptors (Lipinski definition) is 4. The van der Waals surface area contributed by atoms with E-state index in [1.807, 2.05) is 6.07 Å². The van der Waals surface area contributed by atoms with Gasteiger partial charge in [0.05, 0.1) is 23.7 Å². The Kier molecular flexibility index (Phi) is 2.62. The van der Waals surface area contributed by atoms with Gasteiger partial charge >= 0.3 is 0 Å². The van der Waals surface area contributed by atoms with Crippen LogP contribution < -0.4 is 5.56 Å². The number of rotatable bonds is 2. The second-order valence-corrected chi connectivity index (χ2v) is 4.04. The molecule has 0 fully saturated rings. The molecule has 0 aliphatic rings. The summed E-state index contributed by atoms with van der Waals surface area (Å²) >= 11 is 0. The van der Waals surface area contributed by atoms with Gasteiger partial charge in [0.2, 0.25) is 5.82 Å². The standard InChI is InChI=1S/C14H9N3O2/c15-8-13-16-12-6-2-1-5-11(12)14(18)17(13)9-10-4-3-7-19-10/h1-7H,9H2. The fourth-order valence-electron chi connectivity index (χ4n) is 1.96. The largest absolute Gasteiger partial charge is 0.467 e. The highest BCUT2D eigenvalue weighted by Gasteiger charge is 2.11. The van der Waals surface area contributed by atoms with Crippen molar-refractivity contribution >= 4 is 10.9 Å². The second kappa shape index (κ2) is 4.42. The third-order valence-corrected chi connectivity index (χ3v) is 2.86. The van der Waals surface area contributed by atoms with E-state index in [-0.39, 0.29) is 17.9 Å². The monoisotopic (exact) mass is 251 g/mol. The van der Waals surface area contributed by atoms with Crippen LogP contribution in [0.5, 0.6) is 0 Å². The third kappa shape index (κ3) is 1.89. The minimum atomic E-state index is -0.237.